The van der Waals surface area contributed by atoms with Gasteiger partial charge in [0.15, 0.2) is 5.13 Å². The summed E-state index contributed by atoms with van der Waals surface area (Å²) >= 11 is 2.73. The molecule has 3 N–H and O–H groups in total. The molecule has 1 aromatic heterocycles. The van der Waals surface area contributed by atoms with E-state index in [0.29, 0.717) is 27.7 Å². The summed E-state index contributed by atoms with van der Waals surface area (Å²) < 4.78 is 5.26. The Labute approximate surface area is 320 Å². The van der Waals surface area contributed by atoms with E-state index >= 15 is 0 Å². The van der Waals surface area contributed by atoms with E-state index < -0.39 is 17.1 Å². The lowest BCUT2D eigenvalue weighted by atomic mass is 10.1. The predicted octanol–water partition coefficient (Wildman–Crippen LogP) is 9.85. The normalized spacial score (nSPS) is 11.8. The number of aromatic nitrogens is 1. The summed E-state index contributed by atoms with van der Waals surface area (Å²) in [6.45, 7) is 0. The van der Waals surface area contributed by atoms with Crippen molar-refractivity contribution in [3.8, 4) is 17.0 Å². The summed E-state index contributed by atoms with van der Waals surface area (Å²) in [5, 5.41) is 12.8. The third-order valence-corrected chi connectivity index (χ3v) is 10.4. The van der Waals surface area contributed by atoms with Crippen molar-refractivity contribution < 1.29 is 19.1 Å². The van der Waals surface area contributed by atoms with Gasteiger partial charge in [0.25, 0.3) is 11.8 Å². The maximum atomic E-state index is 13.9. The molecule has 0 fully saturated rings. The van der Waals surface area contributed by atoms with Crippen LogP contribution in [0.1, 0.15) is 26.7 Å². The van der Waals surface area contributed by atoms with Gasteiger partial charge in [-0.25, -0.2) is 4.98 Å². The number of ether oxygens (including phenoxy) is 1. The van der Waals surface area contributed by atoms with E-state index in [1.54, 1.807) is 73.8 Å². The molecule has 0 spiro atoms. The van der Waals surface area contributed by atoms with Crippen molar-refractivity contribution in [1.29, 1.82) is 0 Å². The van der Waals surface area contributed by atoms with Crippen LogP contribution < -0.4 is 20.7 Å². The summed E-state index contributed by atoms with van der Waals surface area (Å²) in [6, 6.07) is 47.0. The molecule has 0 aliphatic heterocycles. The number of methoxy groups -OCH3 is 1. The molecule has 8 nitrogen and oxygen atoms in total. The van der Waals surface area contributed by atoms with Crippen molar-refractivity contribution in [2.45, 2.75) is 10.1 Å². The molecule has 0 aliphatic carbocycles. The Morgan fingerprint density at radius 2 is 1.46 bits per heavy atom. The summed E-state index contributed by atoms with van der Waals surface area (Å²) in [5.41, 5.74) is 4.23. The van der Waals surface area contributed by atoms with Gasteiger partial charge in [-0.2, -0.15) is 0 Å². The zero-order valence-corrected chi connectivity index (χ0v) is 30.7. The quantitative estimate of drug-likeness (QED) is 0.0849. The SMILES string of the molecule is COc1ccc(/C=C(/NC(=O)c2ccccc2)C(=O)Nc2cccc(SC(C(=O)Nc3nc(-c4ccc5ccccc5c4)cs3)c3ccccc3)c2)cc1. The number of benzene rings is 6. The largest absolute Gasteiger partial charge is 0.497 e. The molecule has 7 rings (SSSR count). The van der Waals surface area contributed by atoms with Crippen molar-refractivity contribution >= 4 is 68.5 Å². The minimum Gasteiger partial charge on any atom is -0.497 e. The first-order valence-electron chi connectivity index (χ1n) is 17.0. The van der Waals surface area contributed by atoms with E-state index in [-0.39, 0.29) is 11.6 Å². The zero-order valence-electron chi connectivity index (χ0n) is 29.1. The Morgan fingerprint density at radius 3 is 2.22 bits per heavy atom. The third-order valence-electron chi connectivity index (χ3n) is 8.42. The van der Waals surface area contributed by atoms with Gasteiger partial charge in [0.05, 0.1) is 12.8 Å². The lowest BCUT2D eigenvalue weighted by molar-refractivity contribution is -0.116. The smallest absolute Gasteiger partial charge is 0.272 e. The molecule has 0 aliphatic rings. The molecule has 1 heterocycles. The molecule has 266 valence electrons. The van der Waals surface area contributed by atoms with Crippen LogP contribution in [0.15, 0.2) is 168 Å². The van der Waals surface area contributed by atoms with Gasteiger partial charge in [0.2, 0.25) is 5.91 Å². The highest BCUT2D eigenvalue weighted by Gasteiger charge is 2.24. The number of carbonyl (C=O) groups is 3. The van der Waals surface area contributed by atoms with Gasteiger partial charge in [-0.15, -0.1) is 23.1 Å². The van der Waals surface area contributed by atoms with Gasteiger partial charge in [-0.05, 0) is 76.5 Å². The second-order valence-electron chi connectivity index (χ2n) is 12.1. The molecule has 0 radical (unpaired) electrons. The monoisotopic (exact) mass is 746 g/mol. The Balaban J connectivity index is 1.09. The molecule has 6 aromatic carbocycles. The zero-order chi connectivity index (χ0) is 37.3. The van der Waals surface area contributed by atoms with Crippen LogP contribution in [0.5, 0.6) is 5.75 Å². The maximum Gasteiger partial charge on any atom is 0.272 e. The van der Waals surface area contributed by atoms with Crippen LogP contribution >= 0.6 is 23.1 Å². The van der Waals surface area contributed by atoms with Crippen molar-refractivity contribution in [1.82, 2.24) is 10.3 Å². The van der Waals surface area contributed by atoms with Gasteiger partial charge in [-0.1, -0.05) is 103 Å². The number of hydrogen-bond donors (Lipinski definition) is 3. The molecule has 1 unspecified atom stereocenters. The summed E-state index contributed by atoms with van der Waals surface area (Å²) in [6.07, 6.45) is 1.61. The van der Waals surface area contributed by atoms with Crippen molar-refractivity contribution in [2.75, 3.05) is 17.7 Å². The summed E-state index contributed by atoms with van der Waals surface area (Å²) in [5.74, 6) is -0.495. The highest BCUT2D eigenvalue weighted by Crippen LogP contribution is 2.38. The molecule has 0 saturated carbocycles. The van der Waals surface area contributed by atoms with Crippen molar-refractivity contribution in [3.63, 3.8) is 0 Å². The highest BCUT2D eigenvalue weighted by atomic mass is 32.2. The molecule has 1 atom stereocenters. The Kier molecular flexibility index (Phi) is 11.2. The lowest BCUT2D eigenvalue weighted by Crippen LogP contribution is -2.30. The predicted molar refractivity (Wildman–Crippen MR) is 219 cm³/mol. The van der Waals surface area contributed by atoms with Crippen molar-refractivity contribution in [3.05, 3.63) is 179 Å². The van der Waals surface area contributed by atoms with Crippen molar-refractivity contribution in [2.24, 2.45) is 0 Å². The Bertz CT molecular complexity index is 2450. The molecule has 54 heavy (non-hydrogen) atoms. The number of amides is 3. The van der Waals surface area contributed by atoms with Crippen LogP contribution in [0, 0.1) is 0 Å². The molecule has 0 saturated heterocycles. The van der Waals surface area contributed by atoms with Crippen LogP contribution in [0.4, 0.5) is 10.8 Å². The van der Waals surface area contributed by atoms with Crippen LogP contribution in [0.2, 0.25) is 0 Å². The number of nitrogens with one attached hydrogen (secondary N) is 3. The number of nitrogens with zero attached hydrogens (tertiary/aromatic N) is 1. The number of rotatable bonds is 12. The molecular formula is C44H34N4O4S2. The standard InChI is InChI=1S/C44H34N4O4S2/c1-52-36-23-19-29(20-24-36)25-38(46-41(49)32-14-6-3-7-15-32)42(50)45-35-17-10-18-37(27-35)54-40(31-12-4-2-5-13-31)43(51)48-44-47-39(28-53-44)34-22-21-30-11-8-9-16-33(30)26-34/h2-28,40H,1H3,(H,45,50)(H,46,49)(H,47,48,51)/b38-25+. The van der Waals surface area contributed by atoms with Gasteiger partial charge in [0, 0.05) is 27.1 Å². The third kappa shape index (κ3) is 8.92. The molecule has 7 aromatic rings. The fourth-order valence-corrected chi connectivity index (χ4v) is 7.48. The Hall–Kier alpha value is -6.49. The van der Waals surface area contributed by atoms with Gasteiger partial charge < -0.3 is 20.7 Å². The molecule has 10 heteroatoms. The van der Waals surface area contributed by atoms with Gasteiger partial charge in [-0.3, -0.25) is 14.4 Å². The van der Waals surface area contributed by atoms with Gasteiger partial charge >= 0.3 is 0 Å². The number of anilines is 2. The number of thioether (sulfide) groups is 1. The van der Waals surface area contributed by atoms with Crippen LogP contribution in [0.25, 0.3) is 28.1 Å². The van der Waals surface area contributed by atoms with Crippen LogP contribution in [0.3, 0.4) is 0 Å². The molecule has 0 bridgehead atoms. The first kappa shape index (κ1) is 35.9. The second-order valence-corrected chi connectivity index (χ2v) is 14.2. The maximum absolute atomic E-state index is 13.9. The molecule has 3 amide bonds. The number of carbonyl (C=O) groups excluding carboxylic acids is 3. The van der Waals surface area contributed by atoms with Crippen LogP contribution in [-0.4, -0.2) is 29.8 Å². The fourth-order valence-electron chi connectivity index (χ4n) is 5.67. The summed E-state index contributed by atoms with van der Waals surface area (Å²) in [4.78, 5) is 46.3. The van der Waals surface area contributed by atoms with E-state index in [2.05, 4.69) is 40.2 Å². The van der Waals surface area contributed by atoms with E-state index in [4.69, 9.17) is 9.72 Å². The van der Waals surface area contributed by atoms with E-state index in [1.807, 2.05) is 72.1 Å². The number of thiazole rings is 1. The van der Waals surface area contributed by atoms with E-state index in [9.17, 15) is 14.4 Å². The number of fused-ring (bicyclic) bond motifs is 1. The fraction of sp³-hybridized carbons (Fsp3) is 0.0455. The average Bonchev–Trinajstić information content (AvgIpc) is 3.69. The highest BCUT2D eigenvalue weighted by molar-refractivity contribution is 8.00. The lowest BCUT2D eigenvalue weighted by Gasteiger charge is -2.17. The minimum absolute atomic E-state index is 0.0557. The topological polar surface area (TPSA) is 109 Å². The van der Waals surface area contributed by atoms with Gasteiger partial charge in [0.1, 0.15) is 16.7 Å². The number of hydrogen-bond acceptors (Lipinski definition) is 7. The first-order chi connectivity index (χ1) is 26.4. The minimum atomic E-state index is -0.624. The Morgan fingerprint density at radius 1 is 0.741 bits per heavy atom. The van der Waals surface area contributed by atoms with E-state index in [0.717, 1.165) is 32.5 Å². The van der Waals surface area contributed by atoms with Crippen LogP contribution in [-0.2, 0) is 9.59 Å². The second kappa shape index (κ2) is 16.9. The first-order valence-corrected chi connectivity index (χ1v) is 18.8. The molecular weight excluding hydrogens is 713 g/mol. The average molecular weight is 747 g/mol. The van der Waals surface area contributed by atoms with E-state index in [1.165, 1.54) is 23.1 Å². The summed E-state index contributed by atoms with van der Waals surface area (Å²) in [7, 11) is 1.58.